The minimum atomic E-state index is -0.367. The first kappa shape index (κ1) is 18.4. The van der Waals surface area contributed by atoms with Crippen molar-refractivity contribution >= 4 is 46.5 Å². The molecule has 1 fully saturated rings. The number of halogens is 1. The normalized spacial score (nSPS) is 15.2. The van der Waals surface area contributed by atoms with Crippen LogP contribution in [0.1, 0.15) is 36.2 Å². The molecule has 8 heteroatoms. The molecule has 136 valence electrons. The van der Waals surface area contributed by atoms with Crippen LogP contribution in [0.3, 0.4) is 0 Å². The predicted molar refractivity (Wildman–Crippen MR) is 101 cm³/mol. The number of rotatable bonds is 5. The third-order valence-corrected chi connectivity index (χ3v) is 5.53. The molecule has 0 bridgehead atoms. The van der Waals surface area contributed by atoms with E-state index in [-0.39, 0.29) is 43.3 Å². The van der Waals surface area contributed by atoms with Gasteiger partial charge in [-0.1, -0.05) is 29.8 Å². The maximum Gasteiger partial charge on any atom is 0.319 e. The van der Waals surface area contributed by atoms with Gasteiger partial charge in [0.15, 0.2) is 0 Å². The van der Waals surface area contributed by atoms with E-state index in [4.69, 9.17) is 11.6 Å². The smallest absolute Gasteiger partial charge is 0.319 e. The molecule has 3 rings (SSSR count). The quantitative estimate of drug-likeness (QED) is 0.758. The van der Waals surface area contributed by atoms with Crippen LogP contribution in [0.15, 0.2) is 36.4 Å². The second-order valence-corrected chi connectivity index (χ2v) is 7.74. The number of para-hydroxylation sites is 1. The van der Waals surface area contributed by atoms with Crippen LogP contribution in [0, 0.1) is 0 Å². The average Bonchev–Trinajstić information content (AvgIpc) is 3.17. The van der Waals surface area contributed by atoms with Crippen molar-refractivity contribution < 1.29 is 14.4 Å². The summed E-state index contributed by atoms with van der Waals surface area (Å²) < 4.78 is 0.666. The number of benzene rings is 1. The van der Waals surface area contributed by atoms with Gasteiger partial charge in [0.05, 0.1) is 16.9 Å². The lowest BCUT2D eigenvalue weighted by molar-refractivity contribution is -0.139. The number of nitrogens with zero attached hydrogens (tertiary/aromatic N) is 1. The van der Waals surface area contributed by atoms with Crippen LogP contribution in [0.4, 0.5) is 10.5 Å². The molecular formula is C18H18ClN3O3S. The summed E-state index contributed by atoms with van der Waals surface area (Å²) in [5.41, 5.74) is 1.27. The third-order valence-electron chi connectivity index (χ3n) is 4.12. The summed E-state index contributed by atoms with van der Waals surface area (Å²) in [6, 6.07) is 10.2. The molecule has 2 N–H and O–H groups in total. The predicted octanol–water partition coefficient (Wildman–Crippen LogP) is 3.93. The largest absolute Gasteiger partial charge is 0.331 e. The Hall–Kier alpha value is -2.38. The van der Waals surface area contributed by atoms with Crippen LogP contribution in [0.5, 0.6) is 0 Å². The molecule has 1 aromatic carbocycles. The third kappa shape index (κ3) is 4.23. The Labute approximate surface area is 160 Å². The molecule has 0 radical (unpaired) electrons. The number of carbonyl (C=O) groups is 3. The molecule has 1 unspecified atom stereocenters. The van der Waals surface area contributed by atoms with Gasteiger partial charge in [0.25, 0.3) is 0 Å². The molecular weight excluding hydrogens is 374 g/mol. The Balaban J connectivity index is 1.67. The molecule has 0 spiro atoms. The van der Waals surface area contributed by atoms with Crippen molar-refractivity contribution in [3.05, 3.63) is 51.2 Å². The van der Waals surface area contributed by atoms with Crippen molar-refractivity contribution in [2.45, 2.75) is 32.4 Å². The van der Waals surface area contributed by atoms with E-state index in [1.165, 1.54) is 16.2 Å². The zero-order valence-electron chi connectivity index (χ0n) is 14.1. The first-order valence-electron chi connectivity index (χ1n) is 8.18. The number of urea groups is 1. The molecule has 0 saturated carbocycles. The first-order valence-corrected chi connectivity index (χ1v) is 9.37. The Bertz CT molecular complexity index is 836. The number of carbonyl (C=O) groups excluding carboxylic acids is 3. The van der Waals surface area contributed by atoms with Gasteiger partial charge in [-0.2, -0.15) is 0 Å². The molecule has 1 aliphatic heterocycles. The summed E-state index contributed by atoms with van der Waals surface area (Å²) >= 11 is 7.34. The number of nitrogens with one attached hydrogen (secondary N) is 2. The highest BCUT2D eigenvalue weighted by Gasteiger charge is 2.29. The van der Waals surface area contributed by atoms with Crippen LogP contribution in [0.2, 0.25) is 4.34 Å². The lowest BCUT2D eigenvalue weighted by Gasteiger charge is -2.18. The maximum atomic E-state index is 12.3. The Morgan fingerprint density at radius 3 is 2.54 bits per heavy atom. The zero-order valence-corrected chi connectivity index (χ0v) is 15.7. The van der Waals surface area contributed by atoms with Gasteiger partial charge in [-0.3, -0.25) is 14.5 Å². The highest BCUT2D eigenvalue weighted by Crippen LogP contribution is 2.27. The van der Waals surface area contributed by atoms with E-state index >= 15 is 0 Å². The van der Waals surface area contributed by atoms with Crippen molar-refractivity contribution in [3.63, 3.8) is 0 Å². The number of amides is 4. The van der Waals surface area contributed by atoms with Gasteiger partial charge < -0.3 is 10.6 Å². The van der Waals surface area contributed by atoms with Crippen molar-refractivity contribution in [2.24, 2.45) is 0 Å². The maximum absolute atomic E-state index is 12.3. The number of imide groups is 1. The van der Waals surface area contributed by atoms with Crippen LogP contribution in [0.25, 0.3) is 0 Å². The molecule has 1 saturated heterocycles. The lowest BCUT2D eigenvalue weighted by atomic mass is 10.1. The molecule has 1 atom stereocenters. The molecule has 2 heterocycles. The molecule has 0 aliphatic carbocycles. The highest BCUT2D eigenvalue weighted by atomic mass is 35.5. The fourth-order valence-corrected chi connectivity index (χ4v) is 3.80. The van der Waals surface area contributed by atoms with E-state index in [0.29, 0.717) is 15.6 Å². The summed E-state index contributed by atoms with van der Waals surface area (Å²) in [5.74, 6) is -0.366. The van der Waals surface area contributed by atoms with Gasteiger partial charge >= 0.3 is 6.03 Å². The minimum Gasteiger partial charge on any atom is -0.331 e. The Morgan fingerprint density at radius 2 is 1.88 bits per heavy atom. The van der Waals surface area contributed by atoms with E-state index in [1.54, 1.807) is 30.3 Å². The van der Waals surface area contributed by atoms with Crippen molar-refractivity contribution in [1.82, 2.24) is 10.2 Å². The van der Waals surface area contributed by atoms with Gasteiger partial charge in [-0.15, -0.1) is 11.3 Å². The van der Waals surface area contributed by atoms with E-state index < -0.39 is 0 Å². The van der Waals surface area contributed by atoms with Crippen molar-refractivity contribution in [2.75, 3.05) is 5.32 Å². The van der Waals surface area contributed by atoms with E-state index in [1.807, 2.05) is 13.0 Å². The summed E-state index contributed by atoms with van der Waals surface area (Å²) in [6.07, 6.45) is 0.492. The minimum absolute atomic E-state index is 0.157. The molecule has 2 aromatic rings. The van der Waals surface area contributed by atoms with Crippen molar-refractivity contribution in [3.8, 4) is 0 Å². The standard InChI is InChI=1S/C18H18ClN3O3S/c1-11(14-6-7-15(19)26-14)20-18(25)21-13-5-3-2-4-12(13)10-22-16(23)8-9-17(22)24/h2-7,11H,8-10H2,1H3,(H2,20,21,25). The Kier molecular flexibility index (Phi) is 5.58. The fraction of sp³-hybridized carbons (Fsp3) is 0.278. The second kappa shape index (κ2) is 7.88. The Morgan fingerprint density at radius 1 is 1.19 bits per heavy atom. The van der Waals surface area contributed by atoms with E-state index in [9.17, 15) is 14.4 Å². The number of likely N-dealkylation sites (tertiary alicyclic amines) is 1. The van der Waals surface area contributed by atoms with E-state index in [0.717, 1.165) is 4.88 Å². The number of anilines is 1. The number of hydrogen-bond acceptors (Lipinski definition) is 4. The summed E-state index contributed by atoms with van der Waals surface area (Å²) in [5, 5.41) is 5.64. The summed E-state index contributed by atoms with van der Waals surface area (Å²) in [7, 11) is 0. The lowest BCUT2D eigenvalue weighted by Crippen LogP contribution is -2.32. The number of thiophene rings is 1. The van der Waals surface area contributed by atoms with Gasteiger partial charge in [0.2, 0.25) is 11.8 Å². The summed E-state index contributed by atoms with van der Waals surface area (Å²) in [4.78, 5) is 38.1. The topological polar surface area (TPSA) is 78.5 Å². The highest BCUT2D eigenvalue weighted by molar-refractivity contribution is 7.16. The van der Waals surface area contributed by atoms with Gasteiger partial charge in [0.1, 0.15) is 0 Å². The monoisotopic (exact) mass is 391 g/mol. The molecule has 1 aromatic heterocycles. The summed E-state index contributed by atoms with van der Waals surface area (Å²) in [6.45, 7) is 2.03. The van der Waals surface area contributed by atoms with Crippen LogP contribution in [-0.2, 0) is 16.1 Å². The van der Waals surface area contributed by atoms with Gasteiger partial charge in [-0.25, -0.2) is 4.79 Å². The molecule has 6 nitrogen and oxygen atoms in total. The SMILES string of the molecule is CC(NC(=O)Nc1ccccc1CN1C(=O)CCC1=O)c1ccc(Cl)s1. The first-order chi connectivity index (χ1) is 12.4. The van der Waals surface area contributed by atoms with Crippen LogP contribution in [-0.4, -0.2) is 22.7 Å². The van der Waals surface area contributed by atoms with Crippen LogP contribution < -0.4 is 10.6 Å². The van der Waals surface area contributed by atoms with Gasteiger partial charge in [-0.05, 0) is 30.7 Å². The second-order valence-electron chi connectivity index (χ2n) is 5.99. The molecule has 4 amide bonds. The number of hydrogen-bond donors (Lipinski definition) is 2. The zero-order chi connectivity index (χ0) is 18.7. The fourth-order valence-electron chi connectivity index (χ4n) is 2.74. The average molecular weight is 392 g/mol. The molecule has 1 aliphatic rings. The van der Waals surface area contributed by atoms with Crippen molar-refractivity contribution in [1.29, 1.82) is 0 Å². The molecule has 26 heavy (non-hydrogen) atoms. The van der Waals surface area contributed by atoms with Gasteiger partial charge in [0, 0.05) is 23.4 Å². The van der Waals surface area contributed by atoms with E-state index in [2.05, 4.69) is 10.6 Å². The van der Waals surface area contributed by atoms with Crippen LogP contribution >= 0.6 is 22.9 Å².